The molecule has 1 saturated heterocycles. The maximum Gasteiger partial charge on any atom is 0.338 e. The van der Waals surface area contributed by atoms with E-state index in [0.717, 1.165) is 24.3 Å². The second-order valence-electron chi connectivity index (χ2n) is 3.75. The summed E-state index contributed by atoms with van der Waals surface area (Å²) in [4.78, 5) is 11.5. The van der Waals surface area contributed by atoms with Gasteiger partial charge in [0.25, 0.3) is 0 Å². The molecule has 1 aliphatic rings. The molecule has 1 fully saturated rings. The third-order valence-corrected chi connectivity index (χ3v) is 3.75. The third-order valence-electron chi connectivity index (χ3n) is 2.70. The molecule has 82 valence electrons. The van der Waals surface area contributed by atoms with Crippen molar-refractivity contribution in [2.45, 2.75) is 32.3 Å². The molecule has 0 aliphatic carbocycles. The minimum atomic E-state index is -1.29. The van der Waals surface area contributed by atoms with Crippen molar-refractivity contribution in [3.8, 4) is 0 Å². The first-order valence-electron chi connectivity index (χ1n) is 5.06. The van der Waals surface area contributed by atoms with E-state index in [2.05, 4.69) is 0 Å². The summed E-state index contributed by atoms with van der Waals surface area (Å²) in [6, 6.07) is 0. The van der Waals surface area contributed by atoms with E-state index in [4.69, 9.17) is 4.74 Å². The Kier molecular flexibility index (Phi) is 4.26. The van der Waals surface area contributed by atoms with E-state index >= 15 is 0 Å². The molecule has 1 atom stereocenters. The van der Waals surface area contributed by atoms with Crippen LogP contribution < -0.4 is 0 Å². The van der Waals surface area contributed by atoms with Gasteiger partial charge in [0.15, 0.2) is 5.60 Å². The van der Waals surface area contributed by atoms with Crippen molar-refractivity contribution in [3.05, 3.63) is 0 Å². The zero-order valence-corrected chi connectivity index (χ0v) is 9.60. The van der Waals surface area contributed by atoms with E-state index in [0.29, 0.717) is 6.61 Å². The first-order chi connectivity index (χ1) is 6.59. The van der Waals surface area contributed by atoms with Crippen LogP contribution in [-0.2, 0) is 9.53 Å². The fourth-order valence-corrected chi connectivity index (χ4v) is 2.81. The fraction of sp³-hybridized carbons (Fsp3) is 0.900. The van der Waals surface area contributed by atoms with Gasteiger partial charge in [-0.2, -0.15) is 11.8 Å². The highest BCUT2D eigenvalue weighted by molar-refractivity contribution is 7.99. The first-order valence-corrected chi connectivity index (χ1v) is 6.21. The lowest BCUT2D eigenvalue weighted by Crippen LogP contribution is -2.45. The molecule has 0 aromatic heterocycles. The molecule has 0 spiro atoms. The predicted molar refractivity (Wildman–Crippen MR) is 57.3 cm³/mol. The van der Waals surface area contributed by atoms with Crippen molar-refractivity contribution in [1.82, 2.24) is 0 Å². The summed E-state index contributed by atoms with van der Waals surface area (Å²) in [5.41, 5.74) is -1.29. The molecule has 0 aromatic rings. The lowest BCUT2D eigenvalue weighted by Gasteiger charge is -2.33. The van der Waals surface area contributed by atoms with E-state index in [1.54, 1.807) is 13.8 Å². The lowest BCUT2D eigenvalue weighted by atomic mass is 9.84. The van der Waals surface area contributed by atoms with Gasteiger partial charge in [0.1, 0.15) is 0 Å². The Bertz CT molecular complexity index is 198. The fourth-order valence-electron chi connectivity index (χ4n) is 1.70. The average molecular weight is 218 g/mol. The van der Waals surface area contributed by atoms with Gasteiger partial charge in [0, 0.05) is 0 Å². The average Bonchev–Trinajstić information content (AvgIpc) is 2.19. The van der Waals surface area contributed by atoms with Crippen molar-refractivity contribution in [3.63, 3.8) is 0 Å². The van der Waals surface area contributed by atoms with E-state index in [-0.39, 0.29) is 5.92 Å². The molecule has 0 saturated carbocycles. The monoisotopic (exact) mass is 218 g/mol. The summed E-state index contributed by atoms with van der Waals surface area (Å²) in [6.07, 6.45) is 1.80. The summed E-state index contributed by atoms with van der Waals surface area (Å²) >= 11 is 1.88. The van der Waals surface area contributed by atoms with E-state index in [9.17, 15) is 9.90 Å². The zero-order valence-electron chi connectivity index (χ0n) is 8.78. The van der Waals surface area contributed by atoms with Crippen LogP contribution in [-0.4, -0.2) is 34.8 Å². The van der Waals surface area contributed by atoms with Crippen molar-refractivity contribution < 1.29 is 14.6 Å². The minimum Gasteiger partial charge on any atom is -0.464 e. The summed E-state index contributed by atoms with van der Waals surface area (Å²) in [7, 11) is 0. The summed E-state index contributed by atoms with van der Waals surface area (Å²) in [6.45, 7) is 3.66. The summed E-state index contributed by atoms with van der Waals surface area (Å²) < 4.78 is 4.86. The Balaban J connectivity index is 2.57. The normalized spacial score (nSPS) is 22.8. The van der Waals surface area contributed by atoms with E-state index in [1.165, 1.54) is 0 Å². The molecule has 0 radical (unpaired) electrons. The van der Waals surface area contributed by atoms with Crippen LogP contribution in [0.5, 0.6) is 0 Å². The van der Waals surface area contributed by atoms with Gasteiger partial charge >= 0.3 is 5.97 Å². The molecule has 1 aliphatic heterocycles. The molecule has 0 amide bonds. The molecule has 3 nitrogen and oxygen atoms in total. The second-order valence-corrected chi connectivity index (χ2v) is 4.98. The highest BCUT2D eigenvalue weighted by Crippen LogP contribution is 2.32. The Morgan fingerprint density at radius 3 is 2.64 bits per heavy atom. The van der Waals surface area contributed by atoms with Crippen molar-refractivity contribution in [1.29, 1.82) is 0 Å². The molecule has 4 heteroatoms. The van der Waals surface area contributed by atoms with Gasteiger partial charge in [-0.25, -0.2) is 4.79 Å². The number of ether oxygens (including phenoxy) is 1. The van der Waals surface area contributed by atoms with Crippen LogP contribution in [0.1, 0.15) is 26.7 Å². The standard InChI is InChI=1S/C10H18O3S/c1-3-13-9(11)10(2,12)8-4-6-14-7-5-8/h8,12H,3-7H2,1-2H3. The number of rotatable bonds is 3. The Morgan fingerprint density at radius 2 is 2.14 bits per heavy atom. The van der Waals surface area contributed by atoms with Gasteiger partial charge in [0.2, 0.25) is 0 Å². The Labute approximate surface area is 89.2 Å². The minimum absolute atomic E-state index is 0.0581. The van der Waals surface area contributed by atoms with Gasteiger partial charge in [-0.3, -0.25) is 0 Å². The number of carbonyl (C=O) groups excluding carboxylic acids is 1. The lowest BCUT2D eigenvalue weighted by molar-refractivity contribution is -0.169. The Hall–Kier alpha value is -0.220. The number of thioether (sulfide) groups is 1. The maximum absolute atomic E-state index is 11.5. The molecule has 1 N–H and O–H groups in total. The highest BCUT2D eigenvalue weighted by Gasteiger charge is 2.40. The van der Waals surface area contributed by atoms with Gasteiger partial charge in [0.05, 0.1) is 6.61 Å². The smallest absolute Gasteiger partial charge is 0.338 e. The number of esters is 1. The van der Waals surface area contributed by atoms with Gasteiger partial charge in [-0.05, 0) is 44.1 Å². The second kappa shape index (κ2) is 5.03. The van der Waals surface area contributed by atoms with Gasteiger partial charge in [-0.15, -0.1) is 0 Å². The topological polar surface area (TPSA) is 46.5 Å². The quantitative estimate of drug-likeness (QED) is 0.728. The summed E-state index contributed by atoms with van der Waals surface area (Å²) in [5.74, 6) is 1.64. The van der Waals surface area contributed by atoms with Crippen LogP contribution in [0.3, 0.4) is 0 Å². The van der Waals surface area contributed by atoms with Crippen molar-refractivity contribution in [2.24, 2.45) is 5.92 Å². The van der Waals surface area contributed by atoms with Gasteiger partial charge in [-0.1, -0.05) is 0 Å². The van der Waals surface area contributed by atoms with Crippen LogP contribution in [0.4, 0.5) is 0 Å². The van der Waals surface area contributed by atoms with Crippen molar-refractivity contribution in [2.75, 3.05) is 18.1 Å². The highest BCUT2D eigenvalue weighted by atomic mass is 32.2. The molecule has 1 heterocycles. The number of carbonyl (C=O) groups is 1. The first kappa shape index (κ1) is 11.9. The molecule has 14 heavy (non-hydrogen) atoms. The molecular weight excluding hydrogens is 200 g/mol. The van der Waals surface area contributed by atoms with Gasteiger partial charge < -0.3 is 9.84 Å². The molecule has 0 bridgehead atoms. The number of hydrogen-bond acceptors (Lipinski definition) is 4. The predicted octanol–water partition coefficient (Wildman–Crippen LogP) is 1.44. The largest absolute Gasteiger partial charge is 0.464 e. The van der Waals surface area contributed by atoms with Crippen LogP contribution >= 0.6 is 11.8 Å². The molecule has 1 unspecified atom stereocenters. The Morgan fingerprint density at radius 1 is 1.57 bits per heavy atom. The van der Waals surface area contributed by atoms with E-state index < -0.39 is 11.6 Å². The van der Waals surface area contributed by atoms with Crippen LogP contribution in [0.15, 0.2) is 0 Å². The third kappa shape index (κ3) is 2.64. The maximum atomic E-state index is 11.5. The molecule has 0 aromatic carbocycles. The SMILES string of the molecule is CCOC(=O)C(C)(O)C1CCSCC1. The number of hydrogen-bond donors (Lipinski definition) is 1. The molecule has 1 rings (SSSR count). The van der Waals surface area contributed by atoms with Crippen LogP contribution in [0.2, 0.25) is 0 Å². The van der Waals surface area contributed by atoms with E-state index in [1.807, 2.05) is 11.8 Å². The number of aliphatic hydroxyl groups is 1. The zero-order chi connectivity index (χ0) is 10.6. The van der Waals surface area contributed by atoms with Crippen LogP contribution in [0, 0.1) is 5.92 Å². The summed E-state index contributed by atoms with van der Waals surface area (Å²) in [5, 5.41) is 10.1. The van der Waals surface area contributed by atoms with Crippen LogP contribution in [0.25, 0.3) is 0 Å². The molecular formula is C10H18O3S. The van der Waals surface area contributed by atoms with Crippen molar-refractivity contribution >= 4 is 17.7 Å².